The Morgan fingerprint density at radius 2 is 1.68 bits per heavy atom. The number of aromatic nitrogens is 2. The van der Waals surface area contributed by atoms with E-state index in [-0.39, 0.29) is 11.9 Å². The van der Waals surface area contributed by atoms with Crippen LogP contribution in [-0.4, -0.2) is 15.7 Å². The van der Waals surface area contributed by atoms with Crippen LogP contribution in [0.3, 0.4) is 0 Å². The van der Waals surface area contributed by atoms with E-state index in [2.05, 4.69) is 18.3 Å². The second kappa shape index (κ2) is 11.8. The fourth-order valence-electron chi connectivity index (χ4n) is 5.00. The zero-order valence-electron chi connectivity index (χ0n) is 21.1. The van der Waals surface area contributed by atoms with Crippen LogP contribution in [0.4, 0.5) is 0 Å². The average Bonchev–Trinajstić information content (AvgIpc) is 3.17. The first-order valence-corrected chi connectivity index (χ1v) is 14.0. The molecule has 1 aliphatic carbocycles. The van der Waals surface area contributed by atoms with Crippen molar-refractivity contribution < 1.29 is 4.79 Å². The molecule has 0 saturated heterocycles. The third-order valence-corrected chi connectivity index (χ3v) is 7.68. The maximum Gasteiger partial charge on any atom is 0.272 e. The van der Waals surface area contributed by atoms with Crippen LogP contribution in [0.1, 0.15) is 71.5 Å². The fraction of sp³-hybridized carbons (Fsp3) is 0.226. The van der Waals surface area contributed by atoms with Crippen molar-refractivity contribution in [1.29, 1.82) is 0 Å². The third kappa shape index (κ3) is 5.68. The van der Waals surface area contributed by atoms with Gasteiger partial charge in [-0.2, -0.15) is 5.10 Å². The average molecular weight is 565 g/mol. The van der Waals surface area contributed by atoms with Crippen molar-refractivity contribution in [2.45, 2.75) is 45.1 Å². The van der Waals surface area contributed by atoms with Crippen LogP contribution in [0.25, 0.3) is 17.3 Å². The molecule has 0 bridgehead atoms. The van der Waals surface area contributed by atoms with Gasteiger partial charge in [-0.3, -0.25) is 4.79 Å². The molecule has 4 aromatic rings. The molecule has 1 N–H and O–H groups in total. The lowest BCUT2D eigenvalue weighted by Gasteiger charge is -2.17. The molecule has 0 spiro atoms. The van der Waals surface area contributed by atoms with Crippen LogP contribution in [-0.2, 0) is 6.42 Å². The molecule has 1 heterocycles. The zero-order valence-corrected chi connectivity index (χ0v) is 23.3. The maximum absolute atomic E-state index is 13.8. The molecule has 0 fully saturated rings. The molecule has 0 saturated carbocycles. The van der Waals surface area contributed by atoms with Gasteiger partial charge in [0.25, 0.3) is 5.91 Å². The van der Waals surface area contributed by atoms with Gasteiger partial charge in [0.05, 0.1) is 22.4 Å². The van der Waals surface area contributed by atoms with Crippen molar-refractivity contribution in [3.63, 3.8) is 0 Å². The molecule has 1 atom stereocenters. The maximum atomic E-state index is 13.8. The minimum Gasteiger partial charge on any atom is -0.344 e. The molecule has 7 heteroatoms. The highest BCUT2D eigenvalue weighted by Gasteiger charge is 2.29. The number of amides is 1. The second-order valence-corrected chi connectivity index (χ2v) is 10.7. The zero-order chi connectivity index (χ0) is 26.6. The highest BCUT2D eigenvalue weighted by atomic mass is 35.5. The largest absolute Gasteiger partial charge is 0.344 e. The van der Waals surface area contributed by atoms with Crippen LogP contribution < -0.4 is 5.32 Å². The Bertz CT molecular complexity index is 1480. The van der Waals surface area contributed by atoms with Gasteiger partial charge in [-0.25, -0.2) is 4.68 Å². The number of hydrogen-bond donors (Lipinski definition) is 1. The topological polar surface area (TPSA) is 46.9 Å². The Hall–Kier alpha value is -3.05. The molecule has 1 amide bonds. The summed E-state index contributed by atoms with van der Waals surface area (Å²) in [5.41, 5.74) is 6.18. The van der Waals surface area contributed by atoms with Crippen LogP contribution in [0.15, 0.2) is 72.8 Å². The summed E-state index contributed by atoms with van der Waals surface area (Å²) in [6.45, 7) is 2.07. The smallest absolute Gasteiger partial charge is 0.272 e. The first kappa shape index (κ1) is 26.6. The van der Waals surface area contributed by atoms with Crippen molar-refractivity contribution in [2.24, 2.45) is 0 Å². The van der Waals surface area contributed by atoms with Crippen LogP contribution in [0.2, 0.25) is 15.1 Å². The van der Waals surface area contributed by atoms with E-state index in [1.807, 2.05) is 65.3 Å². The van der Waals surface area contributed by atoms with Crippen molar-refractivity contribution in [3.8, 4) is 5.69 Å². The van der Waals surface area contributed by atoms with E-state index in [9.17, 15) is 4.79 Å². The third-order valence-electron chi connectivity index (χ3n) is 6.89. The monoisotopic (exact) mass is 563 g/mol. The summed E-state index contributed by atoms with van der Waals surface area (Å²) in [5, 5.41) is 9.83. The molecule has 0 unspecified atom stereocenters. The number of halogens is 3. The highest BCUT2D eigenvalue weighted by Crippen LogP contribution is 2.37. The van der Waals surface area contributed by atoms with Gasteiger partial charge in [-0.1, -0.05) is 84.2 Å². The highest BCUT2D eigenvalue weighted by molar-refractivity contribution is 6.35. The van der Waals surface area contributed by atoms with Gasteiger partial charge >= 0.3 is 0 Å². The normalized spacial score (nSPS) is 15.1. The number of rotatable bonds is 6. The quantitative estimate of drug-likeness (QED) is 0.238. The molecular weight excluding hydrogens is 537 g/mol. The Labute approximate surface area is 238 Å². The van der Waals surface area contributed by atoms with Gasteiger partial charge in [0.1, 0.15) is 0 Å². The predicted octanol–water partition coefficient (Wildman–Crippen LogP) is 8.98. The predicted molar refractivity (Wildman–Crippen MR) is 157 cm³/mol. The van der Waals surface area contributed by atoms with E-state index in [4.69, 9.17) is 39.9 Å². The van der Waals surface area contributed by atoms with E-state index in [0.717, 1.165) is 60.1 Å². The van der Waals surface area contributed by atoms with Gasteiger partial charge in [-0.15, -0.1) is 0 Å². The van der Waals surface area contributed by atoms with Gasteiger partial charge in [0.15, 0.2) is 5.69 Å². The Morgan fingerprint density at radius 3 is 2.39 bits per heavy atom. The lowest BCUT2D eigenvalue weighted by Crippen LogP contribution is -2.29. The summed E-state index contributed by atoms with van der Waals surface area (Å²) < 4.78 is 1.82. The molecule has 194 valence electrons. The standard InChI is InChI=1S/C31H28Cl3N3O/c1-2-27(21-8-4-3-5-9-21)35-31(38)29-25-11-7-6-10-22(18-20-12-14-23(32)15-13-20)30(25)37(36-29)28-17-16-24(33)19-26(28)34/h3-5,8-9,12-19,27H,2,6-7,10-11H2,1H3,(H,35,38)/b22-18+/t27-/m1/s1. The van der Waals surface area contributed by atoms with E-state index < -0.39 is 0 Å². The Balaban J connectivity index is 1.64. The van der Waals surface area contributed by atoms with E-state index >= 15 is 0 Å². The summed E-state index contributed by atoms with van der Waals surface area (Å²) in [4.78, 5) is 13.8. The van der Waals surface area contributed by atoms with Crippen molar-refractivity contribution in [2.75, 3.05) is 0 Å². The number of fused-ring (bicyclic) bond motifs is 1. The molecule has 3 aromatic carbocycles. The number of carbonyl (C=O) groups is 1. The fourth-order valence-corrected chi connectivity index (χ4v) is 5.61. The van der Waals surface area contributed by atoms with E-state index in [1.54, 1.807) is 12.1 Å². The number of nitrogens with zero attached hydrogens (tertiary/aromatic N) is 2. The first-order chi connectivity index (χ1) is 18.4. The molecule has 38 heavy (non-hydrogen) atoms. The summed E-state index contributed by atoms with van der Waals surface area (Å²) in [5.74, 6) is -0.187. The van der Waals surface area contributed by atoms with Gasteiger partial charge in [-0.05, 0) is 85.2 Å². The van der Waals surface area contributed by atoms with Crippen LogP contribution in [0.5, 0.6) is 0 Å². The minimum absolute atomic E-state index is 0.113. The number of carbonyl (C=O) groups excluding carboxylic acids is 1. The Morgan fingerprint density at radius 1 is 0.974 bits per heavy atom. The summed E-state index contributed by atoms with van der Waals surface area (Å²) >= 11 is 19.0. The van der Waals surface area contributed by atoms with Crippen molar-refractivity contribution >= 4 is 52.4 Å². The molecule has 0 radical (unpaired) electrons. The lowest BCUT2D eigenvalue weighted by molar-refractivity contribution is 0.0929. The minimum atomic E-state index is -0.187. The first-order valence-electron chi connectivity index (χ1n) is 12.8. The number of nitrogens with one attached hydrogen (secondary N) is 1. The molecule has 5 rings (SSSR count). The molecular formula is C31H28Cl3N3O. The van der Waals surface area contributed by atoms with E-state index in [0.29, 0.717) is 26.4 Å². The lowest BCUT2D eigenvalue weighted by atomic mass is 10.0. The van der Waals surface area contributed by atoms with Crippen molar-refractivity contribution in [1.82, 2.24) is 15.1 Å². The Kier molecular flexibility index (Phi) is 8.23. The number of allylic oxidation sites excluding steroid dienone is 1. The molecule has 0 aliphatic heterocycles. The summed E-state index contributed by atoms with van der Waals surface area (Å²) in [7, 11) is 0. The number of hydrogen-bond acceptors (Lipinski definition) is 2. The summed E-state index contributed by atoms with van der Waals surface area (Å²) in [6.07, 6.45) is 6.50. The van der Waals surface area contributed by atoms with Gasteiger partial charge in [0, 0.05) is 15.6 Å². The molecule has 4 nitrogen and oxygen atoms in total. The van der Waals surface area contributed by atoms with Crippen LogP contribution >= 0.6 is 34.8 Å². The van der Waals surface area contributed by atoms with Crippen LogP contribution in [0, 0.1) is 0 Å². The number of benzene rings is 3. The van der Waals surface area contributed by atoms with Crippen molar-refractivity contribution in [3.05, 3.63) is 116 Å². The summed E-state index contributed by atoms with van der Waals surface area (Å²) in [6, 6.07) is 23.0. The molecule has 1 aliphatic rings. The second-order valence-electron chi connectivity index (χ2n) is 9.46. The van der Waals surface area contributed by atoms with E-state index in [1.165, 1.54) is 0 Å². The van der Waals surface area contributed by atoms with Gasteiger partial charge in [0.2, 0.25) is 0 Å². The SMILES string of the molecule is CC[C@@H](NC(=O)c1nn(-c2ccc(Cl)cc2Cl)c2c1CCCC/C2=C\c1ccc(Cl)cc1)c1ccccc1. The molecule has 1 aromatic heterocycles. The van der Waals surface area contributed by atoms with Gasteiger partial charge < -0.3 is 5.32 Å².